The topological polar surface area (TPSA) is 54.9 Å². The van der Waals surface area contributed by atoms with E-state index in [-0.39, 0.29) is 5.91 Å². The number of carbonyl (C=O) groups excluding carboxylic acids is 1. The van der Waals surface area contributed by atoms with E-state index >= 15 is 0 Å². The van der Waals surface area contributed by atoms with Gasteiger partial charge < -0.3 is 5.32 Å². The quantitative estimate of drug-likeness (QED) is 0.764. The zero-order valence-corrected chi connectivity index (χ0v) is 13.8. The number of thiophene rings is 1. The number of hydrogen-bond acceptors (Lipinski definition) is 5. The van der Waals surface area contributed by atoms with Gasteiger partial charge in [-0.1, -0.05) is 0 Å². The molecule has 112 valence electrons. The summed E-state index contributed by atoms with van der Waals surface area (Å²) >= 11 is 3.39. The fourth-order valence-electron chi connectivity index (χ4n) is 2.93. The SMILES string of the molecule is CC(=O)Nc1sc2c(c1-c1nc3cnccc3s1)CCCC2. The van der Waals surface area contributed by atoms with Crippen LogP contribution in [0.5, 0.6) is 0 Å². The van der Waals surface area contributed by atoms with Gasteiger partial charge in [-0.3, -0.25) is 9.78 Å². The highest BCUT2D eigenvalue weighted by atomic mass is 32.1. The van der Waals surface area contributed by atoms with Gasteiger partial charge in [-0.05, 0) is 37.3 Å². The summed E-state index contributed by atoms with van der Waals surface area (Å²) < 4.78 is 1.13. The fraction of sp³-hybridized carbons (Fsp3) is 0.312. The third-order valence-corrected chi connectivity index (χ3v) is 6.13. The van der Waals surface area contributed by atoms with Crippen LogP contribution in [0.25, 0.3) is 20.8 Å². The summed E-state index contributed by atoms with van der Waals surface area (Å²) in [4.78, 5) is 21.8. The lowest BCUT2D eigenvalue weighted by Gasteiger charge is -2.11. The van der Waals surface area contributed by atoms with Gasteiger partial charge >= 0.3 is 0 Å². The summed E-state index contributed by atoms with van der Waals surface area (Å²) in [6.07, 6.45) is 8.22. The van der Waals surface area contributed by atoms with Crippen LogP contribution >= 0.6 is 22.7 Å². The van der Waals surface area contributed by atoms with E-state index in [0.29, 0.717) is 0 Å². The van der Waals surface area contributed by atoms with Crippen molar-refractivity contribution < 1.29 is 4.79 Å². The second-order valence-electron chi connectivity index (χ2n) is 5.46. The normalized spacial score (nSPS) is 14.0. The molecule has 1 aliphatic carbocycles. The van der Waals surface area contributed by atoms with Crippen molar-refractivity contribution in [3.63, 3.8) is 0 Å². The highest BCUT2D eigenvalue weighted by Crippen LogP contribution is 2.46. The summed E-state index contributed by atoms with van der Waals surface area (Å²) in [7, 11) is 0. The lowest BCUT2D eigenvalue weighted by atomic mass is 9.96. The van der Waals surface area contributed by atoms with Crippen LogP contribution in [0.3, 0.4) is 0 Å². The molecule has 4 rings (SSSR count). The summed E-state index contributed by atoms with van der Waals surface area (Å²) in [5.41, 5.74) is 3.44. The number of nitrogens with one attached hydrogen (secondary N) is 1. The average Bonchev–Trinajstić information content (AvgIpc) is 3.06. The van der Waals surface area contributed by atoms with Crippen molar-refractivity contribution in [2.45, 2.75) is 32.6 Å². The van der Waals surface area contributed by atoms with Crippen LogP contribution < -0.4 is 5.32 Å². The molecule has 0 saturated heterocycles. The molecule has 3 aromatic rings. The molecular formula is C16H15N3OS2. The van der Waals surface area contributed by atoms with E-state index in [1.165, 1.54) is 23.3 Å². The number of amides is 1. The second-order valence-corrected chi connectivity index (χ2v) is 7.59. The molecule has 0 spiro atoms. The van der Waals surface area contributed by atoms with E-state index in [2.05, 4.69) is 10.3 Å². The number of aromatic nitrogens is 2. The number of fused-ring (bicyclic) bond motifs is 2. The van der Waals surface area contributed by atoms with E-state index < -0.39 is 0 Å². The first-order valence-corrected chi connectivity index (χ1v) is 8.99. The Hall–Kier alpha value is -1.79. The lowest BCUT2D eigenvalue weighted by molar-refractivity contribution is -0.114. The molecule has 3 aromatic heterocycles. The first kappa shape index (κ1) is 13.8. The van der Waals surface area contributed by atoms with Crippen LogP contribution in [0.15, 0.2) is 18.5 Å². The predicted molar refractivity (Wildman–Crippen MR) is 91.7 cm³/mol. The molecule has 0 saturated carbocycles. The summed E-state index contributed by atoms with van der Waals surface area (Å²) in [6.45, 7) is 1.56. The minimum atomic E-state index is -0.0253. The molecule has 1 N–H and O–H groups in total. The molecule has 0 fully saturated rings. The minimum Gasteiger partial charge on any atom is -0.317 e. The van der Waals surface area contributed by atoms with Gasteiger partial charge in [0, 0.05) is 23.6 Å². The molecule has 1 aliphatic rings. The molecule has 4 nitrogen and oxygen atoms in total. The van der Waals surface area contributed by atoms with Crippen molar-refractivity contribution in [2.75, 3.05) is 5.32 Å². The Morgan fingerprint density at radius 1 is 1.27 bits per heavy atom. The number of thiazole rings is 1. The van der Waals surface area contributed by atoms with Crippen LogP contribution in [0.1, 0.15) is 30.2 Å². The summed E-state index contributed by atoms with van der Waals surface area (Å²) in [6, 6.07) is 1.99. The first-order valence-electron chi connectivity index (χ1n) is 7.35. The predicted octanol–water partition coefficient (Wildman–Crippen LogP) is 4.26. The number of rotatable bonds is 2. The van der Waals surface area contributed by atoms with Gasteiger partial charge in [-0.15, -0.1) is 22.7 Å². The van der Waals surface area contributed by atoms with Gasteiger partial charge in [0.05, 0.1) is 10.9 Å². The standard InChI is InChI=1S/C16H15N3OS2/c1-9(20)18-15-14(10-4-2-3-5-12(10)21-15)16-19-11-8-17-7-6-13(11)22-16/h6-8H,2-5H2,1H3,(H,18,20). The van der Waals surface area contributed by atoms with Crippen LogP contribution in [0.2, 0.25) is 0 Å². The third kappa shape index (κ3) is 2.32. The molecule has 0 atom stereocenters. The Kier molecular flexibility index (Phi) is 3.43. The zero-order chi connectivity index (χ0) is 15.1. The monoisotopic (exact) mass is 329 g/mol. The molecule has 22 heavy (non-hydrogen) atoms. The van der Waals surface area contributed by atoms with Crippen molar-refractivity contribution in [1.82, 2.24) is 9.97 Å². The first-order chi connectivity index (χ1) is 10.7. The van der Waals surface area contributed by atoms with Crippen molar-refractivity contribution in [3.05, 3.63) is 28.9 Å². The Labute approximate surface area is 136 Å². The Morgan fingerprint density at radius 3 is 2.95 bits per heavy atom. The highest BCUT2D eigenvalue weighted by Gasteiger charge is 2.24. The Bertz CT molecular complexity index is 833. The molecule has 0 unspecified atom stereocenters. The van der Waals surface area contributed by atoms with Crippen molar-refractivity contribution in [2.24, 2.45) is 0 Å². The third-order valence-electron chi connectivity index (χ3n) is 3.86. The van der Waals surface area contributed by atoms with Gasteiger partial charge in [0.25, 0.3) is 0 Å². The molecule has 0 bridgehead atoms. The van der Waals surface area contributed by atoms with Crippen LogP contribution in [-0.2, 0) is 17.6 Å². The summed E-state index contributed by atoms with van der Waals surface area (Å²) in [5.74, 6) is -0.0253. The largest absolute Gasteiger partial charge is 0.317 e. The number of carbonyl (C=O) groups is 1. The summed E-state index contributed by atoms with van der Waals surface area (Å²) in [5, 5.41) is 4.95. The van der Waals surface area contributed by atoms with Crippen LogP contribution in [0, 0.1) is 0 Å². The van der Waals surface area contributed by atoms with Gasteiger partial charge in [-0.25, -0.2) is 4.98 Å². The number of pyridine rings is 1. The lowest BCUT2D eigenvalue weighted by Crippen LogP contribution is -2.05. The maximum Gasteiger partial charge on any atom is 0.221 e. The van der Waals surface area contributed by atoms with Gasteiger partial charge in [-0.2, -0.15) is 0 Å². The van der Waals surface area contributed by atoms with E-state index in [4.69, 9.17) is 4.98 Å². The zero-order valence-electron chi connectivity index (χ0n) is 12.2. The molecule has 3 heterocycles. The number of nitrogens with zero attached hydrogens (tertiary/aromatic N) is 2. The fourth-order valence-corrected chi connectivity index (χ4v) is 5.34. The van der Waals surface area contributed by atoms with Gasteiger partial charge in [0.1, 0.15) is 15.5 Å². The molecule has 0 aliphatic heterocycles. The maximum atomic E-state index is 11.6. The van der Waals surface area contributed by atoms with E-state index in [9.17, 15) is 4.79 Å². The molecule has 1 amide bonds. The minimum absolute atomic E-state index is 0.0253. The molecule has 6 heteroatoms. The number of hydrogen-bond donors (Lipinski definition) is 1. The maximum absolute atomic E-state index is 11.6. The van der Waals surface area contributed by atoms with E-state index in [1.54, 1.807) is 42.0 Å². The van der Waals surface area contributed by atoms with Crippen molar-refractivity contribution >= 4 is 43.8 Å². The van der Waals surface area contributed by atoms with Gasteiger partial charge in [0.15, 0.2) is 0 Å². The second kappa shape index (κ2) is 5.44. The van der Waals surface area contributed by atoms with Gasteiger partial charge in [0.2, 0.25) is 5.91 Å². The molecule has 0 radical (unpaired) electrons. The molecule has 0 aromatic carbocycles. The van der Waals surface area contributed by atoms with Crippen LogP contribution in [-0.4, -0.2) is 15.9 Å². The van der Waals surface area contributed by atoms with Crippen molar-refractivity contribution in [1.29, 1.82) is 0 Å². The van der Waals surface area contributed by atoms with E-state index in [0.717, 1.165) is 38.6 Å². The highest BCUT2D eigenvalue weighted by molar-refractivity contribution is 7.22. The molecular weight excluding hydrogens is 314 g/mol. The Balaban J connectivity index is 1.91. The number of aryl methyl sites for hydroxylation is 1. The van der Waals surface area contributed by atoms with E-state index in [1.807, 2.05) is 6.07 Å². The van der Waals surface area contributed by atoms with Crippen LogP contribution in [0.4, 0.5) is 5.00 Å². The smallest absolute Gasteiger partial charge is 0.221 e. The average molecular weight is 329 g/mol. The van der Waals surface area contributed by atoms with Crippen molar-refractivity contribution in [3.8, 4) is 10.6 Å². The Morgan fingerprint density at radius 2 is 2.14 bits per heavy atom. The number of anilines is 1.